The minimum atomic E-state index is -0.531. The van der Waals surface area contributed by atoms with Crippen molar-refractivity contribution in [3.05, 3.63) is 0 Å². The molecule has 2 heterocycles. The number of alkyl halides is 1. The lowest BCUT2D eigenvalue weighted by Gasteiger charge is -2.35. The van der Waals surface area contributed by atoms with E-state index in [2.05, 4.69) is 12.2 Å². The highest BCUT2D eigenvalue weighted by molar-refractivity contribution is 5.89. The maximum atomic E-state index is 12.4. The fourth-order valence-electron chi connectivity index (χ4n) is 2.84. The first-order chi connectivity index (χ1) is 9.61. The summed E-state index contributed by atoms with van der Waals surface area (Å²) in [5, 5.41) is 3.07. The monoisotopic (exact) mass is 285 g/mol. The van der Waals surface area contributed by atoms with Gasteiger partial charge in [0, 0.05) is 32.7 Å². The zero-order valence-electron chi connectivity index (χ0n) is 12.1. The number of carbonyl (C=O) groups excluding carboxylic acids is 2. The van der Waals surface area contributed by atoms with E-state index in [1.165, 1.54) is 4.90 Å². The Bertz CT molecular complexity index is 354. The van der Waals surface area contributed by atoms with E-state index in [4.69, 9.17) is 0 Å². The molecule has 114 valence electrons. The first kappa shape index (κ1) is 15.2. The van der Waals surface area contributed by atoms with Gasteiger partial charge in [0.2, 0.25) is 11.8 Å². The average Bonchev–Trinajstić information content (AvgIpc) is 2.44. The lowest BCUT2D eigenvalue weighted by molar-refractivity contribution is -0.141. The quantitative estimate of drug-likeness (QED) is 0.814. The maximum absolute atomic E-state index is 12.4. The Kier molecular flexibility index (Phi) is 5.34. The summed E-state index contributed by atoms with van der Waals surface area (Å²) < 4.78 is 12.4. The van der Waals surface area contributed by atoms with Gasteiger partial charge in [-0.05, 0) is 18.8 Å². The predicted molar refractivity (Wildman–Crippen MR) is 73.9 cm³/mol. The van der Waals surface area contributed by atoms with Crippen LogP contribution in [-0.2, 0) is 9.59 Å². The number of halogens is 1. The zero-order valence-corrected chi connectivity index (χ0v) is 12.1. The van der Waals surface area contributed by atoms with Crippen molar-refractivity contribution >= 4 is 11.8 Å². The molecule has 0 bridgehead atoms. The van der Waals surface area contributed by atoms with Crippen molar-refractivity contribution in [3.8, 4) is 0 Å². The average molecular weight is 285 g/mol. The highest BCUT2D eigenvalue weighted by Crippen LogP contribution is 2.17. The maximum Gasteiger partial charge on any atom is 0.240 e. The van der Waals surface area contributed by atoms with Crippen LogP contribution < -0.4 is 5.32 Å². The standard InChI is InChI=1S/C14H24FN3O2/c1-11-2-6-17(7-3-11)13(19)10-12-14(20)18(8-4-15)9-5-16-12/h11-12,16H,2-10H2,1H3. The number of amides is 2. The molecule has 0 radical (unpaired) electrons. The van der Waals surface area contributed by atoms with Crippen LogP contribution in [0.15, 0.2) is 0 Å². The van der Waals surface area contributed by atoms with Crippen LogP contribution in [0.4, 0.5) is 4.39 Å². The SMILES string of the molecule is CC1CCN(C(=O)CC2NCCN(CCF)C2=O)CC1. The smallest absolute Gasteiger partial charge is 0.240 e. The Morgan fingerprint density at radius 1 is 1.35 bits per heavy atom. The van der Waals surface area contributed by atoms with Gasteiger partial charge < -0.3 is 15.1 Å². The minimum Gasteiger partial charge on any atom is -0.343 e. The van der Waals surface area contributed by atoms with Gasteiger partial charge in [0.25, 0.3) is 0 Å². The summed E-state index contributed by atoms with van der Waals surface area (Å²) in [5.41, 5.74) is 0. The molecular formula is C14H24FN3O2. The summed E-state index contributed by atoms with van der Waals surface area (Å²) in [5.74, 6) is 0.561. The summed E-state index contributed by atoms with van der Waals surface area (Å²) >= 11 is 0. The van der Waals surface area contributed by atoms with E-state index in [1.807, 2.05) is 4.90 Å². The number of rotatable bonds is 4. The van der Waals surface area contributed by atoms with E-state index < -0.39 is 12.7 Å². The zero-order chi connectivity index (χ0) is 14.5. The molecule has 1 atom stereocenters. The molecule has 2 rings (SSSR count). The Morgan fingerprint density at radius 3 is 2.70 bits per heavy atom. The topological polar surface area (TPSA) is 52.7 Å². The van der Waals surface area contributed by atoms with E-state index in [0.29, 0.717) is 19.0 Å². The molecule has 0 aromatic rings. The normalized spacial score (nSPS) is 25.1. The second-order valence-electron chi connectivity index (χ2n) is 5.79. The fraction of sp³-hybridized carbons (Fsp3) is 0.857. The Morgan fingerprint density at radius 2 is 2.05 bits per heavy atom. The van der Waals surface area contributed by atoms with E-state index in [-0.39, 0.29) is 24.8 Å². The van der Waals surface area contributed by atoms with Gasteiger partial charge in [0.05, 0.1) is 12.5 Å². The summed E-state index contributed by atoms with van der Waals surface area (Å²) in [6, 6.07) is -0.484. The number of carbonyl (C=O) groups is 2. The molecule has 2 aliphatic heterocycles. The summed E-state index contributed by atoms with van der Waals surface area (Å²) in [6.07, 6.45) is 2.26. The highest BCUT2D eigenvalue weighted by Gasteiger charge is 2.31. The van der Waals surface area contributed by atoms with Crippen molar-refractivity contribution in [2.75, 3.05) is 39.4 Å². The molecule has 5 nitrogen and oxygen atoms in total. The Labute approximate surface area is 119 Å². The molecule has 2 amide bonds. The third-order valence-electron chi connectivity index (χ3n) is 4.25. The summed E-state index contributed by atoms with van der Waals surface area (Å²) in [7, 11) is 0. The molecule has 0 aromatic carbocycles. The lowest BCUT2D eigenvalue weighted by atomic mass is 9.98. The molecule has 1 N–H and O–H groups in total. The molecule has 6 heteroatoms. The van der Waals surface area contributed by atoms with Gasteiger partial charge in [-0.3, -0.25) is 9.59 Å². The number of piperidine rings is 1. The molecule has 2 fully saturated rings. The molecule has 1 unspecified atom stereocenters. The number of nitrogens with one attached hydrogen (secondary N) is 1. The van der Waals surface area contributed by atoms with Crippen molar-refractivity contribution in [3.63, 3.8) is 0 Å². The van der Waals surface area contributed by atoms with Gasteiger partial charge in [0.15, 0.2) is 0 Å². The van der Waals surface area contributed by atoms with Crippen LogP contribution in [0, 0.1) is 5.92 Å². The number of nitrogens with zero attached hydrogens (tertiary/aromatic N) is 2. The van der Waals surface area contributed by atoms with Gasteiger partial charge in [0.1, 0.15) is 6.67 Å². The molecule has 0 aliphatic carbocycles. The molecule has 2 aliphatic rings. The van der Waals surface area contributed by atoms with E-state index in [1.54, 1.807) is 0 Å². The number of piperazine rings is 1. The second kappa shape index (κ2) is 7.02. The fourth-order valence-corrected chi connectivity index (χ4v) is 2.84. The Balaban J connectivity index is 1.85. The van der Waals surface area contributed by atoms with Crippen LogP contribution in [0.5, 0.6) is 0 Å². The molecule has 0 spiro atoms. The lowest BCUT2D eigenvalue weighted by Crippen LogP contribution is -2.57. The van der Waals surface area contributed by atoms with Crippen LogP contribution in [0.25, 0.3) is 0 Å². The van der Waals surface area contributed by atoms with Crippen LogP contribution in [0.3, 0.4) is 0 Å². The Hall–Kier alpha value is -1.17. The third kappa shape index (κ3) is 3.69. The molecule has 0 aromatic heterocycles. The van der Waals surface area contributed by atoms with Crippen molar-refractivity contribution < 1.29 is 14.0 Å². The largest absolute Gasteiger partial charge is 0.343 e. The van der Waals surface area contributed by atoms with Crippen molar-refractivity contribution in [2.45, 2.75) is 32.2 Å². The predicted octanol–water partition coefficient (Wildman–Crippen LogP) is 0.405. The van der Waals surface area contributed by atoms with Gasteiger partial charge in [-0.25, -0.2) is 4.39 Å². The van der Waals surface area contributed by atoms with Gasteiger partial charge in [-0.2, -0.15) is 0 Å². The minimum absolute atomic E-state index is 0.0323. The van der Waals surface area contributed by atoms with Gasteiger partial charge >= 0.3 is 0 Å². The summed E-state index contributed by atoms with van der Waals surface area (Å²) in [6.45, 7) is 4.52. The first-order valence-corrected chi connectivity index (χ1v) is 7.47. The van der Waals surface area contributed by atoms with Crippen molar-refractivity contribution in [2.24, 2.45) is 5.92 Å². The first-order valence-electron chi connectivity index (χ1n) is 7.47. The highest BCUT2D eigenvalue weighted by atomic mass is 19.1. The van der Waals surface area contributed by atoms with E-state index >= 15 is 0 Å². The molecular weight excluding hydrogens is 261 g/mol. The number of likely N-dealkylation sites (tertiary alicyclic amines) is 1. The van der Waals surface area contributed by atoms with Crippen LogP contribution in [0.2, 0.25) is 0 Å². The van der Waals surface area contributed by atoms with Crippen LogP contribution >= 0.6 is 0 Å². The van der Waals surface area contributed by atoms with E-state index in [9.17, 15) is 14.0 Å². The number of hydrogen-bond acceptors (Lipinski definition) is 3. The summed E-state index contributed by atoms with van der Waals surface area (Å²) in [4.78, 5) is 27.7. The second-order valence-corrected chi connectivity index (χ2v) is 5.79. The van der Waals surface area contributed by atoms with Gasteiger partial charge in [-0.1, -0.05) is 6.92 Å². The van der Waals surface area contributed by atoms with Crippen molar-refractivity contribution in [1.29, 1.82) is 0 Å². The van der Waals surface area contributed by atoms with Crippen LogP contribution in [0.1, 0.15) is 26.2 Å². The van der Waals surface area contributed by atoms with Crippen molar-refractivity contribution in [1.82, 2.24) is 15.1 Å². The third-order valence-corrected chi connectivity index (χ3v) is 4.25. The van der Waals surface area contributed by atoms with Crippen LogP contribution in [-0.4, -0.2) is 67.1 Å². The molecule has 0 saturated carbocycles. The molecule has 2 saturated heterocycles. The molecule has 20 heavy (non-hydrogen) atoms. The van der Waals surface area contributed by atoms with Gasteiger partial charge in [-0.15, -0.1) is 0 Å². The number of hydrogen-bond donors (Lipinski definition) is 1. The van der Waals surface area contributed by atoms with E-state index in [0.717, 1.165) is 25.9 Å².